The first-order valence-corrected chi connectivity index (χ1v) is 7.09. The molecule has 0 aliphatic carbocycles. The molecule has 1 aromatic carbocycles. The number of carbonyl (C=O) groups excluding carboxylic acids is 1. The van der Waals surface area contributed by atoms with Crippen LogP contribution in [0.5, 0.6) is 5.75 Å². The summed E-state index contributed by atoms with van der Waals surface area (Å²) in [6.45, 7) is 7.18. The Hall–Kier alpha value is -1.59. The van der Waals surface area contributed by atoms with Gasteiger partial charge in [-0.3, -0.25) is 9.69 Å². The van der Waals surface area contributed by atoms with Gasteiger partial charge in [0.05, 0.1) is 6.04 Å². The number of aryl methyl sites for hydroxylation is 1. The van der Waals surface area contributed by atoms with Gasteiger partial charge in [0.25, 0.3) is 0 Å². The molecule has 0 aromatic heterocycles. The van der Waals surface area contributed by atoms with Gasteiger partial charge in [0.2, 0.25) is 5.91 Å². The first-order chi connectivity index (χ1) is 9.63. The number of ether oxygens (including phenoxy) is 1. The second-order valence-corrected chi connectivity index (χ2v) is 6.44. The third-order valence-corrected chi connectivity index (χ3v) is 3.93. The van der Waals surface area contributed by atoms with Gasteiger partial charge in [0, 0.05) is 18.2 Å². The van der Waals surface area contributed by atoms with Crippen LogP contribution in [0, 0.1) is 6.92 Å². The summed E-state index contributed by atoms with van der Waals surface area (Å²) in [5, 5.41) is 13.4. The second-order valence-electron chi connectivity index (χ2n) is 6.44. The van der Waals surface area contributed by atoms with Crippen LogP contribution in [0.2, 0.25) is 0 Å². The number of nitrogens with zero attached hydrogens (tertiary/aromatic N) is 1. The Morgan fingerprint density at radius 1 is 1.38 bits per heavy atom. The number of likely N-dealkylation sites (N-methyl/N-ethyl adjacent to an activating group) is 1. The van der Waals surface area contributed by atoms with Crippen molar-refractivity contribution in [2.45, 2.75) is 45.4 Å². The lowest BCUT2D eigenvalue weighted by Crippen LogP contribution is -2.52. The van der Waals surface area contributed by atoms with E-state index in [9.17, 15) is 9.90 Å². The van der Waals surface area contributed by atoms with E-state index in [4.69, 9.17) is 4.74 Å². The monoisotopic (exact) mass is 292 g/mol. The van der Waals surface area contributed by atoms with Crippen molar-refractivity contribution in [3.8, 4) is 5.75 Å². The Balaban J connectivity index is 2.56. The molecule has 21 heavy (non-hydrogen) atoms. The van der Waals surface area contributed by atoms with Gasteiger partial charge < -0.3 is 15.2 Å². The highest BCUT2D eigenvalue weighted by atomic mass is 16.5. The zero-order valence-corrected chi connectivity index (χ0v) is 13.5. The summed E-state index contributed by atoms with van der Waals surface area (Å²) in [6.07, 6.45) is -0.659. The van der Waals surface area contributed by atoms with Crippen LogP contribution >= 0.6 is 0 Å². The summed E-state index contributed by atoms with van der Waals surface area (Å²) >= 11 is 0. The van der Waals surface area contributed by atoms with Crippen LogP contribution in [0.4, 0.5) is 5.69 Å². The topological polar surface area (TPSA) is 61.8 Å². The molecule has 0 spiro atoms. The molecule has 1 aliphatic rings. The molecule has 0 radical (unpaired) electrons. The molecule has 2 atom stereocenters. The highest BCUT2D eigenvalue weighted by molar-refractivity contribution is 5.89. The molecule has 2 unspecified atom stereocenters. The molecule has 116 valence electrons. The van der Waals surface area contributed by atoms with E-state index in [-0.39, 0.29) is 11.9 Å². The molecule has 1 aliphatic heterocycles. The van der Waals surface area contributed by atoms with E-state index in [1.807, 2.05) is 51.9 Å². The Kier molecular flexibility index (Phi) is 4.00. The number of hydrogen-bond acceptors (Lipinski definition) is 4. The van der Waals surface area contributed by atoms with Crippen LogP contribution in [-0.4, -0.2) is 41.7 Å². The van der Waals surface area contributed by atoms with Crippen LogP contribution in [0.25, 0.3) is 0 Å². The Morgan fingerprint density at radius 3 is 2.52 bits per heavy atom. The normalized spacial score (nSPS) is 23.4. The Labute approximate surface area is 125 Å². The first-order valence-electron chi connectivity index (χ1n) is 7.09. The van der Waals surface area contributed by atoms with Gasteiger partial charge in [-0.2, -0.15) is 0 Å². The number of amides is 1. The van der Waals surface area contributed by atoms with Crippen molar-refractivity contribution in [3.05, 3.63) is 23.3 Å². The van der Waals surface area contributed by atoms with Crippen LogP contribution in [0.3, 0.4) is 0 Å². The molecule has 0 saturated heterocycles. The van der Waals surface area contributed by atoms with Crippen molar-refractivity contribution >= 4 is 11.6 Å². The molecule has 1 heterocycles. The van der Waals surface area contributed by atoms with Crippen molar-refractivity contribution in [2.75, 3.05) is 19.4 Å². The quantitative estimate of drug-likeness (QED) is 0.876. The van der Waals surface area contributed by atoms with E-state index in [0.29, 0.717) is 0 Å². The van der Waals surface area contributed by atoms with Crippen molar-refractivity contribution in [1.82, 2.24) is 4.90 Å². The zero-order valence-electron chi connectivity index (χ0n) is 13.5. The van der Waals surface area contributed by atoms with Gasteiger partial charge >= 0.3 is 0 Å². The van der Waals surface area contributed by atoms with Crippen molar-refractivity contribution in [2.24, 2.45) is 0 Å². The van der Waals surface area contributed by atoms with Gasteiger partial charge in [0.15, 0.2) is 0 Å². The van der Waals surface area contributed by atoms with E-state index in [1.165, 1.54) is 6.92 Å². The molecule has 2 rings (SSSR count). The van der Waals surface area contributed by atoms with Crippen molar-refractivity contribution < 1.29 is 14.6 Å². The van der Waals surface area contributed by atoms with Gasteiger partial charge in [-0.05, 0) is 52.6 Å². The van der Waals surface area contributed by atoms with Crippen LogP contribution in [0.15, 0.2) is 12.1 Å². The molecule has 0 saturated carbocycles. The van der Waals surface area contributed by atoms with Crippen molar-refractivity contribution in [1.29, 1.82) is 0 Å². The molecular formula is C16H24N2O3. The lowest BCUT2D eigenvalue weighted by atomic mass is 9.85. The fourth-order valence-corrected chi connectivity index (χ4v) is 2.80. The van der Waals surface area contributed by atoms with E-state index in [1.54, 1.807) is 0 Å². The van der Waals surface area contributed by atoms with E-state index < -0.39 is 11.7 Å². The Bertz CT molecular complexity index is 567. The minimum absolute atomic E-state index is 0.114. The number of hydrogen-bond donors (Lipinski definition) is 2. The standard InChI is InChI=1S/C16H24N2O3/c1-9-7-13-11(8-12(9)17-10(2)19)14(18(5)6)15(20)16(3,4)21-13/h7-8,14-15,20H,1-6H3,(H,17,19). The fraction of sp³-hybridized carbons (Fsp3) is 0.562. The maximum atomic E-state index is 11.3. The lowest BCUT2D eigenvalue weighted by Gasteiger charge is -2.44. The molecule has 5 heteroatoms. The number of fused-ring (bicyclic) bond motifs is 1. The molecular weight excluding hydrogens is 268 g/mol. The maximum Gasteiger partial charge on any atom is 0.221 e. The van der Waals surface area contributed by atoms with E-state index >= 15 is 0 Å². The van der Waals surface area contributed by atoms with Crippen LogP contribution in [0.1, 0.15) is 37.9 Å². The van der Waals surface area contributed by atoms with Crippen molar-refractivity contribution in [3.63, 3.8) is 0 Å². The van der Waals surface area contributed by atoms with E-state index in [2.05, 4.69) is 5.32 Å². The number of aliphatic hydroxyl groups is 1. The predicted octanol–water partition coefficient (Wildman–Crippen LogP) is 2.09. The fourth-order valence-electron chi connectivity index (χ4n) is 2.80. The maximum absolute atomic E-state index is 11.3. The van der Waals surface area contributed by atoms with Crippen LogP contribution < -0.4 is 10.1 Å². The third kappa shape index (κ3) is 2.89. The minimum atomic E-state index is -0.663. The SMILES string of the molecule is CC(=O)Nc1cc2c(cc1C)OC(C)(C)C(O)C2N(C)C. The molecule has 1 aromatic rings. The number of benzene rings is 1. The average Bonchev–Trinajstić information content (AvgIpc) is 2.31. The Morgan fingerprint density at radius 2 is 2.00 bits per heavy atom. The highest BCUT2D eigenvalue weighted by Crippen LogP contribution is 2.44. The summed E-state index contributed by atoms with van der Waals surface area (Å²) in [5.41, 5.74) is 1.92. The average molecular weight is 292 g/mol. The number of rotatable bonds is 2. The molecule has 5 nitrogen and oxygen atoms in total. The van der Waals surface area contributed by atoms with E-state index in [0.717, 1.165) is 22.6 Å². The molecule has 2 N–H and O–H groups in total. The van der Waals surface area contributed by atoms with Gasteiger partial charge in [-0.25, -0.2) is 0 Å². The number of carbonyl (C=O) groups is 1. The van der Waals surface area contributed by atoms with Gasteiger partial charge in [-0.1, -0.05) is 0 Å². The number of aliphatic hydroxyl groups excluding tert-OH is 1. The summed E-state index contributed by atoms with van der Waals surface area (Å²) in [4.78, 5) is 13.3. The first kappa shape index (κ1) is 15.8. The molecule has 0 bridgehead atoms. The lowest BCUT2D eigenvalue weighted by molar-refractivity contribution is -0.114. The van der Waals surface area contributed by atoms with Gasteiger partial charge in [-0.15, -0.1) is 0 Å². The second kappa shape index (κ2) is 5.31. The summed E-state index contributed by atoms with van der Waals surface area (Å²) in [7, 11) is 3.86. The summed E-state index contributed by atoms with van der Waals surface area (Å²) in [5.74, 6) is 0.646. The van der Waals surface area contributed by atoms with Gasteiger partial charge in [0.1, 0.15) is 17.5 Å². The van der Waals surface area contributed by atoms with Crippen LogP contribution in [-0.2, 0) is 4.79 Å². The summed E-state index contributed by atoms with van der Waals surface area (Å²) in [6, 6.07) is 3.64. The smallest absolute Gasteiger partial charge is 0.221 e. The minimum Gasteiger partial charge on any atom is -0.485 e. The highest BCUT2D eigenvalue weighted by Gasteiger charge is 2.44. The number of nitrogens with one attached hydrogen (secondary N) is 1. The molecule has 1 amide bonds. The predicted molar refractivity (Wildman–Crippen MR) is 82.6 cm³/mol. The third-order valence-electron chi connectivity index (χ3n) is 3.93. The number of anilines is 1. The summed E-state index contributed by atoms with van der Waals surface area (Å²) < 4.78 is 5.96. The zero-order chi connectivity index (χ0) is 15.9. The largest absolute Gasteiger partial charge is 0.485 e. The molecule has 0 fully saturated rings.